The lowest BCUT2D eigenvalue weighted by Crippen LogP contribution is -2.46. The summed E-state index contributed by atoms with van der Waals surface area (Å²) in [4.78, 5) is 26.0. The number of imide groups is 1. The molecule has 1 aromatic heterocycles. The fourth-order valence-electron chi connectivity index (χ4n) is 3.33. The standard InChI is InChI=1S/C15H22N4O2/c1-3-11(2)19-9-6-12(17-19)10-18-14(21)16-13(20)15(18)7-4-5-8-15/h6,9,11H,3-5,7-8,10H2,1-2H3,(H,16,20,21). The second kappa shape index (κ2) is 5.16. The largest absolute Gasteiger partial charge is 0.325 e. The van der Waals surface area contributed by atoms with Crippen molar-refractivity contribution in [1.29, 1.82) is 0 Å². The van der Waals surface area contributed by atoms with Crippen molar-refractivity contribution in [1.82, 2.24) is 20.0 Å². The Morgan fingerprint density at radius 3 is 2.76 bits per heavy atom. The molecular weight excluding hydrogens is 268 g/mol. The molecule has 1 saturated carbocycles. The number of aromatic nitrogens is 2. The van der Waals surface area contributed by atoms with E-state index in [9.17, 15) is 9.59 Å². The van der Waals surface area contributed by atoms with Gasteiger partial charge in [-0.25, -0.2) is 4.79 Å². The molecule has 1 unspecified atom stereocenters. The molecule has 0 bridgehead atoms. The number of carbonyl (C=O) groups excluding carboxylic acids is 2. The first-order chi connectivity index (χ1) is 10.1. The van der Waals surface area contributed by atoms with Crippen molar-refractivity contribution in [3.05, 3.63) is 18.0 Å². The van der Waals surface area contributed by atoms with Crippen LogP contribution in [0.1, 0.15) is 57.7 Å². The normalized spacial score (nSPS) is 22.1. The van der Waals surface area contributed by atoms with E-state index in [1.165, 1.54) is 0 Å². The molecule has 114 valence electrons. The lowest BCUT2D eigenvalue weighted by Gasteiger charge is -2.30. The Bertz CT molecular complexity index is 560. The van der Waals surface area contributed by atoms with E-state index in [1.807, 2.05) is 16.9 Å². The zero-order chi connectivity index (χ0) is 15.0. The van der Waals surface area contributed by atoms with Gasteiger partial charge in [0.05, 0.1) is 12.2 Å². The van der Waals surface area contributed by atoms with E-state index in [1.54, 1.807) is 4.90 Å². The van der Waals surface area contributed by atoms with E-state index in [0.717, 1.165) is 37.8 Å². The van der Waals surface area contributed by atoms with Crippen LogP contribution in [0.5, 0.6) is 0 Å². The van der Waals surface area contributed by atoms with Crippen LogP contribution in [0.2, 0.25) is 0 Å². The first-order valence-corrected chi connectivity index (χ1v) is 7.74. The van der Waals surface area contributed by atoms with Crippen LogP contribution in [-0.2, 0) is 11.3 Å². The number of rotatable bonds is 4. The molecule has 2 aliphatic rings. The summed E-state index contributed by atoms with van der Waals surface area (Å²) in [6.45, 7) is 4.63. The van der Waals surface area contributed by atoms with Crippen LogP contribution in [0.4, 0.5) is 4.79 Å². The molecule has 1 N–H and O–H groups in total. The van der Waals surface area contributed by atoms with Gasteiger partial charge in [0.1, 0.15) is 5.54 Å². The maximum absolute atomic E-state index is 12.2. The van der Waals surface area contributed by atoms with Crippen molar-refractivity contribution >= 4 is 11.9 Å². The fraction of sp³-hybridized carbons (Fsp3) is 0.667. The highest BCUT2D eigenvalue weighted by molar-refractivity contribution is 6.07. The molecule has 2 fully saturated rings. The number of hydrogen-bond acceptors (Lipinski definition) is 3. The quantitative estimate of drug-likeness (QED) is 0.865. The summed E-state index contributed by atoms with van der Waals surface area (Å²) < 4.78 is 1.92. The monoisotopic (exact) mass is 290 g/mol. The van der Waals surface area contributed by atoms with Crippen LogP contribution in [0.15, 0.2) is 12.3 Å². The minimum Gasteiger partial charge on any atom is -0.304 e. The number of nitrogens with one attached hydrogen (secondary N) is 1. The van der Waals surface area contributed by atoms with E-state index in [2.05, 4.69) is 24.3 Å². The molecule has 1 aromatic rings. The predicted molar refractivity (Wildman–Crippen MR) is 77.5 cm³/mol. The van der Waals surface area contributed by atoms with Crippen LogP contribution in [-0.4, -0.2) is 32.2 Å². The van der Waals surface area contributed by atoms with Gasteiger partial charge in [-0.3, -0.25) is 14.8 Å². The Labute approximate surface area is 124 Å². The average Bonchev–Trinajstić information content (AvgIpc) is 3.17. The molecule has 0 radical (unpaired) electrons. The molecule has 1 atom stereocenters. The number of carbonyl (C=O) groups is 2. The Hall–Kier alpha value is -1.85. The fourth-order valence-corrected chi connectivity index (χ4v) is 3.33. The first-order valence-electron chi connectivity index (χ1n) is 7.74. The molecule has 3 rings (SSSR count). The number of nitrogens with zero attached hydrogens (tertiary/aromatic N) is 3. The summed E-state index contributed by atoms with van der Waals surface area (Å²) in [7, 11) is 0. The van der Waals surface area contributed by atoms with E-state index >= 15 is 0 Å². The van der Waals surface area contributed by atoms with Crippen molar-refractivity contribution in [2.24, 2.45) is 0 Å². The van der Waals surface area contributed by atoms with Crippen molar-refractivity contribution < 1.29 is 9.59 Å². The van der Waals surface area contributed by atoms with Gasteiger partial charge < -0.3 is 4.90 Å². The topological polar surface area (TPSA) is 67.2 Å². The SMILES string of the molecule is CCC(C)n1ccc(CN2C(=O)NC(=O)C23CCCC3)n1. The van der Waals surface area contributed by atoms with Crippen LogP contribution >= 0.6 is 0 Å². The lowest BCUT2D eigenvalue weighted by atomic mass is 9.96. The average molecular weight is 290 g/mol. The van der Waals surface area contributed by atoms with E-state index < -0.39 is 5.54 Å². The molecule has 1 aliphatic carbocycles. The highest BCUT2D eigenvalue weighted by Crippen LogP contribution is 2.39. The van der Waals surface area contributed by atoms with Crippen LogP contribution in [0, 0.1) is 0 Å². The van der Waals surface area contributed by atoms with Crippen molar-refractivity contribution in [2.75, 3.05) is 0 Å². The third kappa shape index (κ3) is 2.22. The maximum Gasteiger partial charge on any atom is 0.325 e. The molecule has 1 spiro atoms. The van der Waals surface area contributed by atoms with Gasteiger partial charge in [0.25, 0.3) is 5.91 Å². The van der Waals surface area contributed by atoms with Gasteiger partial charge in [-0.05, 0) is 32.3 Å². The van der Waals surface area contributed by atoms with Gasteiger partial charge in [-0.1, -0.05) is 19.8 Å². The van der Waals surface area contributed by atoms with Crippen molar-refractivity contribution in [3.63, 3.8) is 0 Å². The van der Waals surface area contributed by atoms with Gasteiger partial charge in [0.2, 0.25) is 0 Å². The molecule has 21 heavy (non-hydrogen) atoms. The summed E-state index contributed by atoms with van der Waals surface area (Å²) in [6, 6.07) is 2.00. The number of hydrogen-bond donors (Lipinski definition) is 1. The minimum absolute atomic E-state index is 0.133. The molecule has 0 aromatic carbocycles. The van der Waals surface area contributed by atoms with Gasteiger partial charge in [0.15, 0.2) is 0 Å². The molecule has 6 nitrogen and oxygen atoms in total. The Balaban J connectivity index is 1.81. The highest BCUT2D eigenvalue weighted by Gasteiger charge is 2.54. The summed E-state index contributed by atoms with van der Waals surface area (Å²) in [6.07, 6.45) is 6.47. The smallest absolute Gasteiger partial charge is 0.304 e. The number of amides is 3. The van der Waals surface area contributed by atoms with Crippen LogP contribution in [0.3, 0.4) is 0 Å². The maximum atomic E-state index is 12.2. The van der Waals surface area contributed by atoms with Crippen molar-refractivity contribution in [2.45, 2.75) is 64.1 Å². The molecule has 1 saturated heterocycles. The summed E-state index contributed by atoms with van der Waals surface area (Å²) in [5, 5.41) is 7.02. The summed E-state index contributed by atoms with van der Waals surface area (Å²) >= 11 is 0. The Morgan fingerprint density at radius 1 is 1.38 bits per heavy atom. The van der Waals surface area contributed by atoms with Crippen molar-refractivity contribution in [3.8, 4) is 0 Å². The lowest BCUT2D eigenvalue weighted by molar-refractivity contribution is -0.126. The van der Waals surface area contributed by atoms with Crippen LogP contribution in [0.25, 0.3) is 0 Å². The predicted octanol–water partition coefficient (Wildman–Crippen LogP) is 2.22. The molecule has 6 heteroatoms. The summed E-state index contributed by atoms with van der Waals surface area (Å²) in [5.74, 6) is -0.133. The van der Waals surface area contributed by atoms with E-state index in [4.69, 9.17) is 0 Å². The Kier molecular flexibility index (Phi) is 3.47. The zero-order valence-corrected chi connectivity index (χ0v) is 12.6. The van der Waals surface area contributed by atoms with Gasteiger partial charge >= 0.3 is 6.03 Å². The Morgan fingerprint density at radius 2 is 2.10 bits per heavy atom. The van der Waals surface area contributed by atoms with Gasteiger partial charge in [-0.2, -0.15) is 5.10 Å². The van der Waals surface area contributed by atoms with Gasteiger partial charge in [0, 0.05) is 12.2 Å². The van der Waals surface area contributed by atoms with E-state index in [-0.39, 0.29) is 11.9 Å². The zero-order valence-electron chi connectivity index (χ0n) is 12.6. The third-order valence-corrected chi connectivity index (χ3v) is 4.86. The summed E-state index contributed by atoms with van der Waals surface area (Å²) in [5.41, 5.74) is 0.212. The minimum atomic E-state index is -0.628. The molecule has 2 heterocycles. The highest BCUT2D eigenvalue weighted by atomic mass is 16.2. The number of urea groups is 1. The second-order valence-electron chi connectivity index (χ2n) is 6.13. The van der Waals surface area contributed by atoms with Crippen LogP contribution < -0.4 is 5.32 Å². The molecule has 3 amide bonds. The first kappa shape index (κ1) is 14.1. The van der Waals surface area contributed by atoms with E-state index in [0.29, 0.717) is 12.6 Å². The second-order valence-corrected chi connectivity index (χ2v) is 6.13. The third-order valence-electron chi connectivity index (χ3n) is 4.86. The van der Waals surface area contributed by atoms with Gasteiger partial charge in [-0.15, -0.1) is 0 Å². The molecular formula is C15H22N4O2. The molecule has 1 aliphatic heterocycles.